The standard InChI is InChI=1S/C20H19FN2O2/c21-16-7-5-15(6-8-16)18-11-22-19(25-18)12-23-20(13-24)10-9-14-3-1-2-4-17(14)20/h1-8,11,23-24H,9-10,12-13H2. The molecule has 0 saturated carbocycles. The van der Waals surface area contributed by atoms with Gasteiger partial charge >= 0.3 is 0 Å². The highest BCUT2D eigenvalue weighted by Gasteiger charge is 2.37. The molecule has 1 unspecified atom stereocenters. The van der Waals surface area contributed by atoms with Crippen LogP contribution in [0.4, 0.5) is 4.39 Å². The van der Waals surface area contributed by atoms with E-state index in [2.05, 4.69) is 22.4 Å². The van der Waals surface area contributed by atoms with E-state index < -0.39 is 5.54 Å². The van der Waals surface area contributed by atoms with Gasteiger partial charge in [0.25, 0.3) is 0 Å². The number of hydrogen-bond acceptors (Lipinski definition) is 4. The van der Waals surface area contributed by atoms with Crippen molar-refractivity contribution in [3.05, 3.63) is 77.6 Å². The molecule has 128 valence electrons. The van der Waals surface area contributed by atoms with Crippen LogP contribution < -0.4 is 5.32 Å². The largest absolute Gasteiger partial charge is 0.439 e. The van der Waals surface area contributed by atoms with E-state index in [-0.39, 0.29) is 12.4 Å². The van der Waals surface area contributed by atoms with Gasteiger partial charge in [-0.2, -0.15) is 0 Å². The molecule has 25 heavy (non-hydrogen) atoms. The summed E-state index contributed by atoms with van der Waals surface area (Å²) in [6, 6.07) is 14.3. The third-order valence-electron chi connectivity index (χ3n) is 4.88. The summed E-state index contributed by atoms with van der Waals surface area (Å²) in [6.07, 6.45) is 3.42. The van der Waals surface area contributed by atoms with Gasteiger partial charge < -0.3 is 9.52 Å². The van der Waals surface area contributed by atoms with Gasteiger partial charge in [-0.1, -0.05) is 24.3 Å². The molecule has 1 aliphatic carbocycles. The average molecular weight is 338 g/mol. The summed E-state index contributed by atoms with van der Waals surface area (Å²) < 4.78 is 18.8. The lowest BCUT2D eigenvalue weighted by atomic mass is 9.92. The first-order valence-electron chi connectivity index (χ1n) is 8.35. The molecule has 0 fully saturated rings. The third-order valence-corrected chi connectivity index (χ3v) is 4.88. The molecule has 4 nitrogen and oxygen atoms in total. The van der Waals surface area contributed by atoms with Crippen LogP contribution in [0.1, 0.15) is 23.4 Å². The molecule has 2 aromatic carbocycles. The number of nitrogens with zero attached hydrogens (tertiary/aromatic N) is 1. The van der Waals surface area contributed by atoms with Gasteiger partial charge in [-0.3, -0.25) is 5.32 Å². The quantitative estimate of drug-likeness (QED) is 0.748. The van der Waals surface area contributed by atoms with Crippen molar-refractivity contribution in [2.24, 2.45) is 0 Å². The normalized spacial score (nSPS) is 19.1. The number of aliphatic hydroxyl groups is 1. The Morgan fingerprint density at radius 1 is 1.16 bits per heavy atom. The highest BCUT2D eigenvalue weighted by Crippen LogP contribution is 2.36. The van der Waals surface area contributed by atoms with Gasteiger partial charge in [-0.25, -0.2) is 9.37 Å². The highest BCUT2D eigenvalue weighted by molar-refractivity contribution is 5.55. The van der Waals surface area contributed by atoms with Gasteiger partial charge in [0.15, 0.2) is 5.76 Å². The molecule has 1 atom stereocenters. The molecule has 4 rings (SSSR count). The molecule has 5 heteroatoms. The third kappa shape index (κ3) is 2.97. The van der Waals surface area contributed by atoms with Crippen LogP contribution in [0.2, 0.25) is 0 Å². The number of aliphatic hydroxyl groups excluding tert-OH is 1. The summed E-state index contributed by atoms with van der Waals surface area (Å²) in [5.74, 6) is 0.855. The number of oxazole rings is 1. The molecule has 0 spiro atoms. The SMILES string of the molecule is OCC1(NCc2ncc(-c3ccc(F)cc3)o2)CCc2ccccc21. The molecular weight excluding hydrogens is 319 g/mol. The summed E-state index contributed by atoms with van der Waals surface area (Å²) in [6.45, 7) is 0.436. The second kappa shape index (κ2) is 6.43. The molecule has 3 aromatic rings. The molecule has 0 amide bonds. The van der Waals surface area contributed by atoms with Gasteiger partial charge in [-0.15, -0.1) is 0 Å². The average Bonchev–Trinajstić information content (AvgIpc) is 3.26. The van der Waals surface area contributed by atoms with E-state index in [1.54, 1.807) is 18.3 Å². The molecule has 0 saturated heterocycles. The predicted octanol–water partition coefficient (Wildman–Crippen LogP) is 3.40. The van der Waals surface area contributed by atoms with E-state index in [1.807, 2.05) is 12.1 Å². The smallest absolute Gasteiger partial charge is 0.208 e. The molecule has 1 aromatic heterocycles. The van der Waals surface area contributed by atoms with Gasteiger partial charge in [-0.05, 0) is 48.2 Å². The zero-order valence-electron chi connectivity index (χ0n) is 13.7. The van der Waals surface area contributed by atoms with E-state index in [0.29, 0.717) is 18.2 Å². The summed E-state index contributed by atoms with van der Waals surface area (Å²) in [5, 5.41) is 13.4. The van der Waals surface area contributed by atoms with Crippen molar-refractivity contribution in [1.29, 1.82) is 0 Å². The highest BCUT2D eigenvalue weighted by atomic mass is 19.1. The van der Waals surface area contributed by atoms with Crippen molar-refractivity contribution in [3.63, 3.8) is 0 Å². The maximum absolute atomic E-state index is 13.0. The molecule has 0 radical (unpaired) electrons. The van der Waals surface area contributed by atoms with E-state index in [1.165, 1.54) is 17.7 Å². The van der Waals surface area contributed by atoms with Gasteiger partial charge in [0, 0.05) is 5.56 Å². The van der Waals surface area contributed by atoms with Gasteiger partial charge in [0.05, 0.1) is 24.9 Å². The Hall–Kier alpha value is -2.50. The Kier molecular flexibility index (Phi) is 4.11. The van der Waals surface area contributed by atoms with E-state index in [4.69, 9.17) is 4.42 Å². The number of hydrogen-bond donors (Lipinski definition) is 2. The number of rotatable bonds is 5. The van der Waals surface area contributed by atoms with Crippen LogP contribution >= 0.6 is 0 Å². The minimum atomic E-state index is -0.457. The maximum Gasteiger partial charge on any atom is 0.208 e. The summed E-state index contributed by atoms with van der Waals surface area (Å²) in [7, 11) is 0. The number of nitrogens with one attached hydrogen (secondary N) is 1. The van der Waals surface area contributed by atoms with Crippen molar-refractivity contribution in [1.82, 2.24) is 10.3 Å². The van der Waals surface area contributed by atoms with Crippen molar-refractivity contribution in [3.8, 4) is 11.3 Å². The monoisotopic (exact) mass is 338 g/mol. The Bertz CT molecular complexity index is 875. The Morgan fingerprint density at radius 2 is 1.96 bits per heavy atom. The number of halogens is 1. The van der Waals surface area contributed by atoms with Crippen LogP contribution in [0.5, 0.6) is 0 Å². The molecule has 1 aliphatic rings. The Morgan fingerprint density at radius 3 is 2.76 bits per heavy atom. The van der Waals surface area contributed by atoms with E-state index >= 15 is 0 Å². The lowest BCUT2D eigenvalue weighted by Gasteiger charge is -2.29. The molecule has 0 aliphatic heterocycles. The fourth-order valence-corrected chi connectivity index (χ4v) is 3.48. The van der Waals surface area contributed by atoms with Crippen molar-refractivity contribution >= 4 is 0 Å². The molecular formula is C20H19FN2O2. The minimum absolute atomic E-state index is 0.0234. The Labute approximate surface area is 145 Å². The lowest BCUT2D eigenvalue weighted by molar-refractivity contribution is 0.155. The topological polar surface area (TPSA) is 58.3 Å². The second-order valence-corrected chi connectivity index (χ2v) is 6.38. The van der Waals surface area contributed by atoms with Crippen molar-refractivity contribution in [2.75, 3.05) is 6.61 Å². The van der Waals surface area contributed by atoms with Gasteiger partial charge in [0.2, 0.25) is 5.89 Å². The van der Waals surface area contributed by atoms with Gasteiger partial charge in [0.1, 0.15) is 5.82 Å². The van der Waals surface area contributed by atoms with Crippen molar-refractivity contribution < 1.29 is 13.9 Å². The fraction of sp³-hybridized carbons (Fsp3) is 0.250. The number of benzene rings is 2. The molecule has 1 heterocycles. The number of fused-ring (bicyclic) bond motifs is 1. The zero-order chi connectivity index (χ0) is 17.3. The van der Waals surface area contributed by atoms with Crippen LogP contribution in [0.3, 0.4) is 0 Å². The molecule has 0 bridgehead atoms. The lowest BCUT2D eigenvalue weighted by Crippen LogP contribution is -2.43. The second-order valence-electron chi connectivity index (χ2n) is 6.38. The molecule has 2 N–H and O–H groups in total. The van der Waals surface area contributed by atoms with Crippen LogP contribution in [0.25, 0.3) is 11.3 Å². The predicted molar refractivity (Wildman–Crippen MR) is 92.3 cm³/mol. The summed E-state index contributed by atoms with van der Waals surface area (Å²) in [5.41, 5.74) is 2.73. The fourth-order valence-electron chi connectivity index (χ4n) is 3.48. The minimum Gasteiger partial charge on any atom is -0.439 e. The number of aromatic nitrogens is 1. The van der Waals surface area contributed by atoms with Crippen molar-refractivity contribution in [2.45, 2.75) is 24.9 Å². The van der Waals surface area contributed by atoms with Crippen LogP contribution in [-0.2, 0) is 18.5 Å². The maximum atomic E-state index is 13.0. The van der Waals surface area contributed by atoms with Crippen LogP contribution in [0.15, 0.2) is 59.1 Å². The summed E-state index contributed by atoms with van der Waals surface area (Å²) in [4.78, 5) is 4.29. The van der Waals surface area contributed by atoms with E-state index in [9.17, 15) is 9.50 Å². The van der Waals surface area contributed by atoms with E-state index in [0.717, 1.165) is 24.0 Å². The first-order valence-corrected chi connectivity index (χ1v) is 8.35. The Balaban J connectivity index is 1.51. The summed E-state index contributed by atoms with van der Waals surface area (Å²) >= 11 is 0. The van der Waals surface area contributed by atoms with Crippen LogP contribution in [-0.4, -0.2) is 16.7 Å². The first kappa shape index (κ1) is 16.0. The zero-order valence-corrected chi connectivity index (χ0v) is 13.7. The first-order chi connectivity index (χ1) is 12.2. The number of aryl methyl sites for hydroxylation is 1. The van der Waals surface area contributed by atoms with Crippen LogP contribution in [0, 0.1) is 5.82 Å².